The molecule has 1 aromatic carbocycles. The van der Waals surface area contributed by atoms with E-state index < -0.39 is 59.2 Å². The van der Waals surface area contributed by atoms with Crippen LogP contribution in [0.5, 0.6) is 11.5 Å². The number of carbonyl (C=O) groups excluding carboxylic acids is 5. The number of hydrogen-bond acceptors (Lipinski definition) is 11. The Morgan fingerprint density at radius 2 is 1.88 bits per heavy atom. The van der Waals surface area contributed by atoms with Crippen LogP contribution in [0.1, 0.15) is 83.1 Å². The molecule has 3 amide bonds. The Labute approximate surface area is 297 Å². The molecule has 5 rings (SSSR count). The molecule has 1 saturated carbocycles. The van der Waals surface area contributed by atoms with Crippen molar-refractivity contribution in [3.05, 3.63) is 42.1 Å². The molecule has 1 aliphatic carbocycles. The highest BCUT2D eigenvalue weighted by molar-refractivity contribution is 5.97. The van der Waals surface area contributed by atoms with Crippen molar-refractivity contribution in [3.8, 4) is 11.5 Å². The molecule has 1 aromatic heterocycles. The third-order valence-corrected chi connectivity index (χ3v) is 9.24. The summed E-state index contributed by atoms with van der Waals surface area (Å²) in [4.78, 5) is 73.2. The third kappa shape index (κ3) is 8.71. The molecule has 5 atom stereocenters. The van der Waals surface area contributed by atoms with E-state index in [0.29, 0.717) is 41.7 Å². The van der Waals surface area contributed by atoms with Gasteiger partial charge in [0.2, 0.25) is 11.8 Å². The van der Waals surface area contributed by atoms with Crippen LogP contribution in [0, 0.1) is 5.92 Å². The molecule has 51 heavy (non-hydrogen) atoms. The number of fused-ring (bicyclic) bond motifs is 3. The van der Waals surface area contributed by atoms with Crippen molar-refractivity contribution in [2.24, 2.45) is 5.92 Å². The number of benzene rings is 1. The molecule has 3 heterocycles. The summed E-state index contributed by atoms with van der Waals surface area (Å²) in [7, 11) is 2.76. The Balaban J connectivity index is 1.50. The third-order valence-electron chi connectivity index (χ3n) is 9.24. The van der Waals surface area contributed by atoms with E-state index in [4.69, 9.17) is 23.7 Å². The van der Waals surface area contributed by atoms with Gasteiger partial charge in [0.15, 0.2) is 5.69 Å². The largest absolute Gasteiger partial charge is 0.497 e. The maximum absolute atomic E-state index is 14.4. The summed E-state index contributed by atoms with van der Waals surface area (Å²) in [5.41, 5.74) is -1.63. The van der Waals surface area contributed by atoms with Crippen molar-refractivity contribution in [1.82, 2.24) is 20.5 Å². The van der Waals surface area contributed by atoms with Gasteiger partial charge < -0.3 is 39.2 Å². The second-order valence-electron chi connectivity index (χ2n) is 14.1. The fourth-order valence-electron chi connectivity index (χ4n) is 6.63. The molecule has 3 aliphatic rings. The summed E-state index contributed by atoms with van der Waals surface area (Å²) >= 11 is 0. The number of alkyl carbamates (subject to hydrolysis) is 1. The van der Waals surface area contributed by atoms with Gasteiger partial charge in [0.05, 0.1) is 32.9 Å². The topological polar surface area (TPSA) is 172 Å². The van der Waals surface area contributed by atoms with E-state index in [1.54, 1.807) is 45.9 Å². The predicted octanol–water partition coefficient (Wildman–Crippen LogP) is 4.23. The minimum absolute atomic E-state index is 0.000693. The molecular weight excluding hydrogens is 660 g/mol. The normalized spacial score (nSPS) is 25.3. The Morgan fingerprint density at radius 3 is 2.59 bits per heavy atom. The lowest BCUT2D eigenvalue weighted by molar-refractivity contribution is -0.150. The van der Waals surface area contributed by atoms with Crippen molar-refractivity contribution in [3.63, 3.8) is 0 Å². The highest BCUT2D eigenvalue weighted by Gasteiger charge is 2.62. The second kappa shape index (κ2) is 15.6. The Bertz CT molecular complexity index is 1690. The van der Waals surface area contributed by atoms with Gasteiger partial charge in [0, 0.05) is 29.9 Å². The first kappa shape index (κ1) is 37.4. The zero-order chi connectivity index (χ0) is 36.9. The molecule has 2 aromatic rings. The van der Waals surface area contributed by atoms with E-state index >= 15 is 0 Å². The van der Waals surface area contributed by atoms with Gasteiger partial charge in [-0.2, -0.15) is 0 Å². The van der Waals surface area contributed by atoms with E-state index in [1.807, 2.05) is 12.2 Å². The molecule has 1 saturated heterocycles. The number of esters is 2. The number of nitrogens with one attached hydrogen (secondary N) is 2. The van der Waals surface area contributed by atoms with E-state index in [1.165, 1.54) is 25.2 Å². The van der Waals surface area contributed by atoms with Crippen molar-refractivity contribution < 1.29 is 47.7 Å². The highest BCUT2D eigenvalue weighted by atomic mass is 16.6. The van der Waals surface area contributed by atoms with Crippen molar-refractivity contribution in [1.29, 1.82) is 0 Å². The summed E-state index contributed by atoms with van der Waals surface area (Å²) in [6, 6.07) is 4.55. The van der Waals surface area contributed by atoms with Crippen LogP contribution in [0.25, 0.3) is 10.9 Å². The average molecular weight is 709 g/mol. The number of pyridine rings is 1. The molecule has 0 radical (unpaired) electrons. The van der Waals surface area contributed by atoms with Gasteiger partial charge in [0.1, 0.15) is 40.8 Å². The van der Waals surface area contributed by atoms with Gasteiger partial charge in [-0.25, -0.2) is 19.4 Å². The van der Waals surface area contributed by atoms with E-state index in [2.05, 4.69) is 15.6 Å². The molecule has 2 aliphatic heterocycles. The number of carbonyl (C=O) groups is 5. The second-order valence-corrected chi connectivity index (χ2v) is 14.1. The smallest absolute Gasteiger partial charge is 0.408 e. The van der Waals surface area contributed by atoms with Gasteiger partial charge in [-0.1, -0.05) is 25.0 Å². The molecule has 276 valence electrons. The SMILES string of the molecule is CCOC(=O)[C@@]12CC1C=CCCCCC[C@H](NC(=O)OC(C)(C)C)C(=O)N1C[C@H](Oc3cc(C(=O)OC)nc4cc(OC)ccc34)C[C@H]1C(=O)N2. The maximum Gasteiger partial charge on any atom is 0.408 e. The number of hydrogen-bond donors (Lipinski definition) is 2. The monoisotopic (exact) mass is 708 g/mol. The zero-order valence-electron chi connectivity index (χ0n) is 30.1. The van der Waals surface area contributed by atoms with Crippen LogP contribution in [0.4, 0.5) is 4.79 Å². The quantitative estimate of drug-likeness (QED) is 0.240. The van der Waals surface area contributed by atoms with Crippen LogP contribution < -0.4 is 20.1 Å². The summed E-state index contributed by atoms with van der Waals surface area (Å²) in [6.07, 6.45) is 6.31. The summed E-state index contributed by atoms with van der Waals surface area (Å²) in [6.45, 7) is 7.03. The standard InChI is InChI=1S/C37H48N4O10/c1-7-49-34(45)37-20-22(37)13-11-9-8-10-12-14-26(39-35(46)51-36(2,3)4)32(43)41-21-24(18-29(41)31(42)40-37)50-30-19-28(33(44)48-6)38-27-17-23(47-5)15-16-25(27)30/h11,13,15-17,19,22,24,26,29H,7-10,12,14,18,20-21H2,1-6H3,(H,39,46)(H,40,42)/t22?,24-,26+,29+,37-/m1/s1. The number of allylic oxidation sites excluding steroid dienone is 1. The molecule has 2 N–H and O–H groups in total. The van der Waals surface area contributed by atoms with Crippen LogP contribution in [0.15, 0.2) is 36.4 Å². The van der Waals surface area contributed by atoms with Gasteiger partial charge in [0.25, 0.3) is 0 Å². The zero-order valence-corrected chi connectivity index (χ0v) is 30.1. The van der Waals surface area contributed by atoms with Gasteiger partial charge in [-0.3, -0.25) is 9.59 Å². The van der Waals surface area contributed by atoms with Crippen LogP contribution in [-0.4, -0.2) is 96.4 Å². The summed E-state index contributed by atoms with van der Waals surface area (Å²) in [5, 5.41) is 6.26. The first-order chi connectivity index (χ1) is 24.3. The van der Waals surface area contributed by atoms with E-state index in [0.717, 1.165) is 19.3 Å². The fraction of sp³-hybridized carbons (Fsp3) is 0.568. The number of rotatable bonds is 7. The summed E-state index contributed by atoms with van der Waals surface area (Å²) in [5.74, 6) is -1.65. The molecule has 0 bridgehead atoms. The van der Waals surface area contributed by atoms with Gasteiger partial charge in [-0.05, 0) is 65.5 Å². The molecular formula is C37H48N4O10. The number of amides is 3. The first-order valence-corrected chi connectivity index (χ1v) is 17.5. The van der Waals surface area contributed by atoms with Gasteiger partial charge >= 0.3 is 18.0 Å². The van der Waals surface area contributed by atoms with Crippen LogP contribution in [-0.2, 0) is 28.6 Å². The maximum atomic E-state index is 14.4. The van der Waals surface area contributed by atoms with Crippen molar-refractivity contribution in [2.45, 2.75) is 102 Å². The van der Waals surface area contributed by atoms with Crippen molar-refractivity contribution in [2.75, 3.05) is 27.4 Å². The predicted molar refractivity (Wildman–Crippen MR) is 185 cm³/mol. The van der Waals surface area contributed by atoms with E-state index in [9.17, 15) is 24.0 Å². The lowest BCUT2D eigenvalue weighted by Crippen LogP contribution is -2.56. The lowest BCUT2D eigenvalue weighted by Gasteiger charge is -2.30. The molecule has 14 heteroatoms. The van der Waals surface area contributed by atoms with Gasteiger partial charge in [-0.15, -0.1) is 0 Å². The Morgan fingerprint density at radius 1 is 1.10 bits per heavy atom. The summed E-state index contributed by atoms with van der Waals surface area (Å²) < 4.78 is 27.6. The average Bonchev–Trinajstić information content (AvgIpc) is 3.61. The minimum atomic E-state index is -1.25. The fourth-order valence-corrected chi connectivity index (χ4v) is 6.63. The lowest BCUT2D eigenvalue weighted by atomic mass is 10.0. The molecule has 2 fully saturated rings. The van der Waals surface area contributed by atoms with Crippen LogP contribution in [0.3, 0.4) is 0 Å². The highest BCUT2D eigenvalue weighted by Crippen LogP contribution is 2.46. The first-order valence-electron chi connectivity index (χ1n) is 17.5. The Hall–Kier alpha value is -4.88. The number of ether oxygens (including phenoxy) is 5. The number of methoxy groups -OCH3 is 2. The number of nitrogens with zero attached hydrogens (tertiary/aromatic N) is 2. The van der Waals surface area contributed by atoms with Crippen molar-refractivity contribution >= 4 is 40.7 Å². The number of aromatic nitrogens is 1. The van der Waals surface area contributed by atoms with Crippen LogP contribution in [0.2, 0.25) is 0 Å². The Kier molecular flexibility index (Phi) is 11.4. The molecule has 1 unspecified atom stereocenters. The van der Waals surface area contributed by atoms with E-state index in [-0.39, 0.29) is 31.2 Å². The molecule has 0 spiro atoms. The molecule has 14 nitrogen and oxygen atoms in total. The minimum Gasteiger partial charge on any atom is -0.497 e. The van der Waals surface area contributed by atoms with Crippen LogP contribution >= 0.6 is 0 Å².